The van der Waals surface area contributed by atoms with Gasteiger partial charge in [-0.15, -0.1) is 8.42 Å². The molecule has 0 aromatic heterocycles. The Balaban J connectivity index is 4.83. The van der Waals surface area contributed by atoms with E-state index >= 15 is 0 Å². The van der Waals surface area contributed by atoms with E-state index in [-0.39, 0.29) is 3.89 Å². The van der Waals surface area contributed by atoms with Gasteiger partial charge in [0.2, 0.25) is 0 Å². The molecular formula is C7H18NO3S+. The van der Waals surface area contributed by atoms with E-state index in [0.717, 1.165) is 6.42 Å². The van der Waals surface area contributed by atoms with Gasteiger partial charge in [-0.05, 0) is 20.3 Å². The third kappa shape index (κ3) is 2.18. The highest BCUT2D eigenvalue weighted by molar-refractivity contribution is 7.80. The molecular weight excluding hydrogens is 178 g/mol. The molecule has 0 rings (SSSR count). The number of rotatable bonds is 5. The van der Waals surface area contributed by atoms with E-state index in [0.29, 0.717) is 19.6 Å². The summed E-state index contributed by atoms with van der Waals surface area (Å²) in [4.78, 5) is 0. The Morgan fingerprint density at radius 1 is 1.17 bits per heavy atom. The Morgan fingerprint density at radius 3 is 1.67 bits per heavy atom. The van der Waals surface area contributed by atoms with Crippen molar-refractivity contribution in [3.8, 4) is 0 Å². The summed E-state index contributed by atoms with van der Waals surface area (Å²) in [7, 11) is -3.95. The van der Waals surface area contributed by atoms with Crippen LogP contribution >= 0.6 is 0 Å². The molecule has 0 radical (unpaired) electrons. The van der Waals surface area contributed by atoms with E-state index in [4.69, 9.17) is 4.55 Å². The summed E-state index contributed by atoms with van der Waals surface area (Å²) in [6, 6.07) is 0. The maximum Gasteiger partial charge on any atom is 0.432 e. The molecule has 0 aromatic carbocycles. The van der Waals surface area contributed by atoms with Gasteiger partial charge in [0.05, 0.1) is 19.6 Å². The quantitative estimate of drug-likeness (QED) is 0.528. The van der Waals surface area contributed by atoms with E-state index in [1.165, 1.54) is 0 Å². The lowest BCUT2D eigenvalue weighted by Crippen LogP contribution is -2.52. The van der Waals surface area contributed by atoms with Crippen molar-refractivity contribution in [3.05, 3.63) is 0 Å². The third-order valence-electron chi connectivity index (χ3n) is 2.27. The summed E-state index contributed by atoms with van der Waals surface area (Å²) < 4.78 is 30.9. The number of hydrogen-bond donors (Lipinski definition) is 1. The first kappa shape index (κ1) is 11.9. The molecule has 0 spiro atoms. The minimum Gasteiger partial charge on any atom is -0.241 e. The fourth-order valence-corrected chi connectivity index (χ4v) is 2.45. The highest BCUT2D eigenvalue weighted by Gasteiger charge is 2.36. The molecule has 1 N–H and O–H groups in total. The van der Waals surface area contributed by atoms with Gasteiger partial charge in [0, 0.05) is 0 Å². The second-order valence-electron chi connectivity index (χ2n) is 2.86. The minimum atomic E-state index is -3.95. The fourth-order valence-electron chi connectivity index (χ4n) is 1.39. The molecule has 0 saturated carbocycles. The average molecular weight is 196 g/mol. The van der Waals surface area contributed by atoms with Gasteiger partial charge in [0.1, 0.15) is 0 Å². The number of hydrogen-bond acceptors (Lipinski definition) is 2. The molecule has 0 aliphatic carbocycles. The van der Waals surface area contributed by atoms with E-state index in [1.807, 2.05) is 6.92 Å². The van der Waals surface area contributed by atoms with Crippen LogP contribution in [0.4, 0.5) is 0 Å². The summed E-state index contributed by atoms with van der Waals surface area (Å²) in [6.07, 6.45) is 0.751. The normalized spacial score (nSPS) is 13.3. The van der Waals surface area contributed by atoms with Crippen LogP contribution in [0.15, 0.2) is 0 Å². The second kappa shape index (κ2) is 4.20. The van der Waals surface area contributed by atoms with Crippen LogP contribution in [0.2, 0.25) is 0 Å². The molecule has 0 heterocycles. The first-order valence-electron chi connectivity index (χ1n) is 4.27. The van der Waals surface area contributed by atoms with Crippen molar-refractivity contribution in [2.24, 2.45) is 0 Å². The topological polar surface area (TPSA) is 54.4 Å². The highest BCUT2D eigenvalue weighted by Crippen LogP contribution is 2.13. The first-order chi connectivity index (χ1) is 5.43. The summed E-state index contributed by atoms with van der Waals surface area (Å²) in [6.45, 7) is 6.77. The second-order valence-corrected chi connectivity index (χ2v) is 4.53. The van der Waals surface area contributed by atoms with Crippen LogP contribution in [0.3, 0.4) is 0 Å². The SMILES string of the molecule is CCC[N+](CC)(CC)S(=O)(=O)O. The molecule has 12 heavy (non-hydrogen) atoms. The smallest absolute Gasteiger partial charge is 0.241 e. The van der Waals surface area contributed by atoms with Crippen LogP contribution in [0.1, 0.15) is 27.2 Å². The zero-order chi connectivity index (χ0) is 9.83. The highest BCUT2D eigenvalue weighted by atomic mass is 32.2. The predicted molar refractivity (Wildman–Crippen MR) is 48.0 cm³/mol. The van der Waals surface area contributed by atoms with E-state index in [9.17, 15) is 8.42 Å². The largest absolute Gasteiger partial charge is 0.432 e. The van der Waals surface area contributed by atoms with Crippen molar-refractivity contribution >= 4 is 10.3 Å². The minimum absolute atomic E-state index is 0.219. The van der Waals surface area contributed by atoms with Crippen molar-refractivity contribution in [2.45, 2.75) is 27.2 Å². The average Bonchev–Trinajstić information content (AvgIpc) is 1.98. The standard InChI is InChI=1S/C7H17NO3S/c1-4-7-8(5-2,6-3)12(9,10)11/h4-7H2,1-3H3/p+1. The van der Waals surface area contributed by atoms with Crippen molar-refractivity contribution in [3.63, 3.8) is 0 Å². The monoisotopic (exact) mass is 196 g/mol. The molecule has 0 atom stereocenters. The lowest BCUT2D eigenvalue weighted by molar-refractivity contribution is -0.807. The molecule has 0 aliphatic heterocycles. The fraction of sp³-hybridized carbons (Fsp3) is 1.00. The Bertz CT molecular complexity index is 219. The van der Waals surface area contributed by atoms with Crippen LogP contribution in [0, 0.1) is 0 Å². The lowest BCUT2D eigenvalue weighted by Gasteiger charge is -2.31. The van der Waals surface area contributed by atoms with E-state index < -0.39 is 10.3 Å². The van der Waals surface area contributed by atoms with Crippen molar-refractivity contribution in [1.29, 1.82) is 0 Å². The van der Waals surface area contributed by atoms with Gasteiger partial charge in [-0.2, -0.15) is 3.89 Å². The van der Waals surface area contributed by atoms with Crippen molar-refractivity contribution < 1.29 is 16.9 Å². The first-order valence-corrected chi connectivity index (χ1v) is 5.67. The van der Waals surface area contributed by atoms with Crippen LogP contribution in [0.25, 0.3) is 0 Å². The molecule has 0 unspecified atom stereocenters. The van der Waals surface area contributed by atoms with E-state index in [2.05, 4.69) is 0 Å². The van der Waals surface area contributed by atoms with Gasteiger partial charge in [0.25, 0.3) is 0 Å². The predicted octanol–water partition coefficient (Wildman–Crippen LogP) is 1.06. The molecule has 0 bridgehead atoms. The third-order valence-corrected chi connectivity index (χ3v) is 3.95. The Morgan fingerprint density at radius 2 is 1.58 bits per heavy atom. The molecule has 4 nitrogen and oxygen atoms in total. The van der Waals surface area contributed by atoms with Gasteiger partial charge in [-0.3, -0.25) is 0 Å². The van der Waals surface area contributed by atoms with Crippen molar-refractivity contribution in [2.75, 3.05) is 19.6 Å². The van der Waals surface area contributed by atoms with Gasteiger partial charge < -0.3 is 0 Å². The van der Waals surface area contributed by atoms with Crippen LogP contribution in [-0.4, -0.2) is 36.5 Å². The van der Waals surface area contributed by atoms with Gasteiger partial charge in [0.15, 0.2) is 0 Å². The molecule has 0 aromatic rings. The summed E-state index contributed by atoms with van der Waals surface area (Å²) in [5, 5.41) is 0. The van der Waals surface area contributed by atoms with Gasteiger partial charge in [-0.1, -0.05) is 6.92 Å². The summed E-state index contributed by atoms with van der Waals surface area (Å²) in [5.74, 6) is 0. The van der Waals surface area contributed by atoms with Crippen molar-refractivity contribution in [1.82, 2.24) is 0 Å². The van der Waals surface area contributed by atoms with Gasteiger partial charge >= 0.3 is 10.3 Å². The Hall–Kier alpha value is -0.130. The lowest BCUT2D eigenvalue weighted by atomic mass is 10.4. The maximum absolute atomic E-state index is 11.0. The van der Waals surface area contributed by atoms with Crippen LogP contribution in [-0.2, 0) is 10.3 Å². The van der Waals surface area contributed by atoms with E-state index in [1.54, 1.807) is 13.8 Å². The number of nitrogens with zero attached hydrogens (tertiary/aromatic N) is 1. The zero-order valence-electron chi connectivity index (χ0n) is 7.95. The maximum atomic E-state index is 11.0. The Labute approximate surface area is 74.7 Å². The number of quaternary nitrogens is 1. The zero-order valence-corrected chi connectivity index (χ0v) is 8.76. The molecule has 0 amide bonds. The molecule has 0 saturated heterocycles. The molecule has 0 fully saturated rings. The summed E-state index contributed by atoms with van der Waals surface area (Å²) in [5.41, 5.74) is 0. The van der Waals surface area contributed by atoms with Crippen LogP contribution < -0.4 is 0 Å². The summed E-state index contributed by atoms with van der Waals surface area (Å²) >= 11 is 0. The molecule has 74 valence electrons. The van der Waals surface area contributed by atoms with Gasteiger partial charge in [-0.25, -0.2) is 4.55 Å². The van der Waals surface area contributed by atoms with Crippen LogP contribution in [0.5, 0.6) is 0 Å². The Kier molecular flexibility index (Phi) is 4.16. The molecule has 0 aliphatic rings. The molecule has 5 heteroatoms.